The predicted octanol–water partition coefficient (Wildman–Crippen LogP) is 3.93. The maximum Gasteiger partial charge on any atom is 0.177 e. The third-order valence-corrected chi connectivity index (χ3v) is 4.79. The Morgan fingerprint density at radius 2 is 2.04 bits per heavy atom. The summed E-state index contributed by atoms with van der Waals surface area (Å²) in [7, 11) is 0. The molecule has 3 aromatic rings. The Hall–Kier alpha value is -2.18. The number of benzene rings is 2. The van der Waals surface area contributed by atoms with Crippen LogP contribution in [0, 0.1) is 6.92 Å². The largest absolute Gasteiger partial charge is 0.350 e. The molecule has 1 aliphatic heterocycles. The van der Waals surface area contributed by atoms with Gasteiger partial charge >= 0.3 is 0 Å². The number of hydrogen-bond acceptors (Lipinski definition) is 4. The van der Waals surface area contributed by atoms with Gasteiger partial charge in [-0.2, -0.15) is 0 Å². The lowest BCUT2D eigenvalue weighted by Crippen LogP contribution is -2.23. The predicted molar refractivity (Wildman–Crippen MR) is 100 cm³/mol. The van der Waals surface area contributed by atoms with Crippen molar-refractivity contribution in [2.45, 2.75) is 19.7 Å². The van der Waals surface area contributed by atoms with Crippen LogP contribution < -0.4 is 4.90 Å². The van der Waals surface area contributed by atoms with Gasteiger partial charge < -0.3 is 9.64 Å². The van der Waals surface area contributed by atoms with Crippen LogP contribution in [0.5, 0.6) is 0 Å². The van der Waals surface area contributed by atoms with Crippen molar-refractivity contribution in [3.63, 3.8) is 0 Å². The molecule has 128 valence electrons. The molecule has 1 fully saturated rings. The average Bonchev–Trinajstić information content (AvgIpc) is 3.24. The molecule has 0 spiro atoms. The molecule has 4 rings (SSSR count). The molecule has 2 aromatic carbocycles. The Morgan fingerprint density at radius 1 is 1.20 bits per heavy atom. The maximum absolute atomic E-state index is 5.92. The van der Waals surface area contributed by atoms with E-state index in [4.69, 9.17) is 4.74 Å². The highest BCUT2D eigenvalue weighted by Gasteiger charge is 2.29. The lowest BCUT2D eigenvalue weighted by Gasteiger charge is -2.23. The molecule has 1 saturated heterocycles. The summed E-state index contributed by atoms with van der Waals surface area (Å²) in [6.07, 6.45) is 1.79. The zero-order chi connectivity index (χ0) is 17.2. The molecule has 25 heavy (non-hydrogen) atoms. The van der Waals surface area contributed by atoms with Gasteiger partial charge in [-0.15, -0.1) is 5.10 Å². The Labute approximate surface area is 155 Å². The summed E-state index contributed by atoms with van der Waals surface area (Å²) in [5, 5.41) is 8.62. The van der Waals surface area contributed by atoms with E-state index in [0.717, 1.165) is 22.4 Å². The number of nitrogens with zero attached hydrogens (tertiary/aromatic N) is 4. The summed E-state index contributed by atoms with van der Waals surface area (Å²) in [6.45, 7) is 4.32. The molecular weight excluding hydrogens is 380 g/mol. The van der Waals surface area contributed by atoms with Gasteiger partial charge in [0.2, 0.25) is 0 Å². The molecule has 1 aliphatic rings. The van der Waals surface area contributed by atoms with E-state index in [1.165, 1.54) is 11.1 Å². The monoisotopic (exact) mass is 398 g/mol. The van der Waals surface area contributed by atoms with Crippen molar-refractivity contribution < 1.29 is 4.74 Å². The van der Waals surface area contributed by atoms with Gasteiger partial charge in [0.1, 0.15) is 5.69 Å². The second-order valence-electron chi connectivity index (χ2n) is 6.22. The first kappa shape index (κ1) is 16.3. The van der Waals surface area contributed by atoms with E-state index in [1.807, 2.05) is 23.0 Å². The van der Waals surface area contributed by atoms with Gasteiger partial charge in [0, 0.05) is 16.7 Å². The van der Waals surface area contributed by atoms with Crippen LogP contribution in [-0.2, 0) is 11.3 Å². The van der Waals surface area contributed by atoms with Crippen LogP contribution in [0.2, 0.25) is 0 Å². The van der Waals surface area contributed by atoms with Gasteiger partial charge in [-0.25, -0.2) is 4.68 Å². The third-order valence-electron chi connectivity index (χ3n) is 4.30. The molecule has 0 bridgehead atoms. The molecule has 0 saturated carbocycles. The van der Waals surface area contributed by atoms with Gasteiger partial charge in [-0.1, -0.05) is 51.0 Å². The molecule has 0 radical (unpaired) electrons. The van der Waals surface area contributed by atoms with E-state index in [-0.39, 0.29) is 6.23 Å². The summed E-state index contributed by atoms with van der Waals surface area (Å²) >= 11 is 3.50. The first-order valence-corrected chi connectivity index (χ1v) is 9.08. The van der Waals surface area contributed by atoms with Gasteiger partial charge in [-0.3, -0.25) is 0 Å². The molecule has 2 heterocycles. The quantitative estimate of drug-likeness (QED) is 0.667. The molecule has 0 aliphatic carbocycles. The number of anilines is 1. The summed E-state index contributed by atoms with van der Waals surface area (Å²) in [5.41, 5.74) is 4.41. The van der Waals surface area contributed by atoms with Crippen LogP contribution >= 0.6 is 15.9 Å². The summed E-state index contributed by atoms with van der Waals surface area (Å²) in [6, 6.07) is 16.7. The van der Waals surface area contributed by atoms with E-state index in [9.17, 15) is 0 Å². The summed E-state index contributed by atoms with van der Waals surface area (Å²) < 4.78 is 8.84. The highest BCUT2D eigenvalue weighted by atomic mass is 79.9. The average molecular weight is 399 g/mol. The first-order valence-electron chi connectivity index (χ1n) is 8.28. The number of ether oxygens (including phenoxy) is 1. The number of rotatable bonds is 4. The van der Waals surface area contributed by atoms with Gasteiger partial charge in [0.05, 0.1) is 19.3 Å². The van der Waals surface area contributed by atoms with E-state index >= 15 is 0 Å². The molecule has 6 heteroatoms. The fraction of sp³-hybridized carbons (Fsp3) is 0.263. The standard InChI is InChI=1S/C19H19BrN4O/c1-14-5-7-17(8-6-14)24-9-10-25-19(24)18-13-23(22-21-18)12-15-3-2-4-16(20)11-15/h2-8,11,13,19H,9-10,12H2,1H3/t19-/m1/s1. The zero-order valence-electron chi connectivity index (χ0n) is 14.0. The molecule has 0 amide bonds. The highest BCUT2D eigenvalue weighted by molar-refractivity contribution is 9.10. The minimum absolute atomic E-state index is 0.182. The first-order chi connectivity index (χ1) is 12.2. The van der Waals surface area contributed by atoms with Crippen LogP contribution in [0.4, 0.5) is 5.69 Å². The Bertz CT molecular complexity index is 862. The lowest BCUT2D eigenvalue weighted by molar-refractivity contribution is 0.110. The molecule has 5 nitrogen and oxygen atoms in total. The fourth-order valence-corrected chi connectivity index (χ4v) is 3.49. The smallest absolute Gasteiger partial charge is 0.177 e. The van der Waals surface area contributed by atoms with Gasteiger partial charge in [0.25, 0.3) is 0 Å². The van der Waals surface area contributed by atoms with E-state index in [1.54, 1.807) is 0 Å². The number of aromatic nitrogens is 3. The third kappa shape index (κ3) is 3.60. The van der Waals surface area contributed by atoms with Crippen LogP contribution in [0.3, 0.4) is 0 Å². The minimum Gasteiger partial charge on any atom is -0.350 e. The second-order valence-corrected chi connectivity index (χ2v) is 7.14. The Balaban J connectivity index is 1.53. The van der Waals surface area contributed by atoms with Crippen LogP contribution in [0.25, 0.3) is 0 Å². The number of aryl methyl sites for hydroxylation is 1. The van der Waals surface area contributed by atoms with Crippen molar-refractivity contribution in [3.8, 4) is 0 Å². The van der Waals surface area contributed by atoms with Crippen LogP contribution in [-0.4, -0.2) is 28.1 Å². The van der Waals surface area contributed by atoms with Crippen molar-refractivity contribution in [2.24, 2.45) is 0 Å². The maximum atomic E-state index is 5.92. The molecule has 0 N–H and O–H groups in total. The molecular formula is C19H19BrN4O. The second kappa shape index (κ2) is 6.98. The normalized spacial score (nSPS) is 17.2. The van der Waals surface area contributed by atoms with E-state index in [2.05, 4.69) is 74.5 Å². The highest BCUT2D eigenvalue weighted by Crippen LogP contribution is 2.31. The topological polar surface area (TPSA) is 43.2 Å². The van der Waals surface area contributed by atoms with Crippen LogP contribution in [0.15, 0.2) is 59.2 Å². The van der Waals surface area contributed by atoms with Gasteiger partial charge in [-0.05, 0) is 36.8 Å². The molecule has 0 unspecified atom stereocenters. The number of halogens is 1. The van der Waals surface area contributed by atoms with Crippen molar-refractivity contribution in [1.82, 2.24) is 15.0 Å². The lowest BCUT2D eigenvalue weighted by atomic mass is 10.2. The fourth-order valence-electron chi connectivity index (χ4n) is 3.04. The Kier molecular flexibility index (Phi) is 4.55. The van der Waals surface area contributed by atoms with E-state index in [0.29, 0.717) is 13.2 Å². The van der Waals surface area contributed by atoms with Crippen LogP contribution in [0.1, 0.15) is 23.0 Å². The molecule has 1 aromatic heterocycles. The molecule has 1 atom stereocenters. The summed E-state index contributed by atoms with van der Waals surface area (Å²) in [5.74, 6) is 0. The minimum atomic E-state index is -0.182. The van der Waals surface area contributed by atoms with Crippen molar-refractivity contribution in [1.29, 1.82) is 0 Å². The Morgan fingerprint density at radius 3 is 2.84 bits per heavy atom. The number of hydrogen-bond donors (Lipinski definition) is 0. The van der Waals surface area contributed by atoms with Gasteiger partial charge in [0.15, 0.2) is 6.23 Å². The van der Waals surface area contributed by atoms with Crippen molar-refractivity contribution in [2.75, 3.05) is 18.1 Å². The SMILES string of the molecule is Cc1ccc(N2CCO[C@@H]2c2cn(Cc3cccc(Br)c3)nn2)cc1. The van der Waals surface area contributed by atoms with E-state index < -0.39 is 0 Å². The summed E-state index contributed by atoms with van der Waals surface area (Å²) in [4.78, 5) is 2.23. The van der Waals surface area contributed by atoms with Crippen molar-refractivity contribution >= 4 is 21.6 Å². The van der Waals surface area contributed by atoms with Crippen molar-refractivity contribution in [3.05, 3.63) is 76.0 Å². The zero-order valence-corrected chi connectivity index (χ0v) is 15.6.